The Morgan fingerprint density at radius 1 is 1.30 bits per heavy atom. The Kier molecular flexibility index (Phi) is 6.57. The lowest BCUT2D eigenvalue weighted by atomic mass is 9.90. The molecule has 3 N–H and O–H groups in total. The van der Waals surface area contributed by atoms with Gasteiger partial charge in [0.05, 0.1) is 10.4 Å². The summed E-state index contributed by atoms with van der Waals surface area (Å²) in [5, 5.41) is 3.23. The second-order valence-electron chi connectivity index (χ2n) is 9.23. The van der Waals surface area contributed by atoms with Crippen LogP contribution in [0.4, 0.5) is 4.39 Å². The first-order valence-electron chi connectivity index (χ1n) is 10.5. The zero-order valence-electron chi connectivity index (χ0n) is 18.2. The van der Waals surface area contributed by atoms with Gasteiger partial charge in [0.1, 0.15) is 12.1 Å². The molecule has 9 heteroatoms. The molecule has 0 saturated carbocycles. The van der Waals surface area contributed by atoms with Gasteiger partial charge in [-0.3, -0.25) is 15.8 Å². The number of aryl methyl sites for hydroxylation is 1. The summed E-state index contributed by atoms with van der Waals surface area (Å²) in [6, 6.07) is 3.83. The number of carbonyl (C=O) groups is 1. The van der Waals surface area contributed by atoms with Gasteiger partial charge in [0.15, 0.2) is 0 Å². The minimum atomic E-state index is -3.74. The molecule has 168 valence electrons. The van der Waals surface area contributed by atoms with E-state index in [1.165, 1.54) is 16.4 Å². The largest absolute Gasteiger partial charge is 0.313 e. The molecule has 0 aliphatic carbocycles. The summed E-state index contributed by atoms with van der Waals surface area (Å²) < 4.78 is 41.0. The third kappa shape index (κ3) is 4.54. The number of hydrogen-bond acceptors (Lipinski definition) is 5. The number of benzene rings is 1. The second kappa shape index (κ2) is 8.53. The van der Waals surface area contributed by atoms with E-state index in [1.54, 1.807) is 11.8 Å². The molecule has 30 heavy (non-hydrogen) atoms. The fraction of sp³-hybridized carbons (Fsp3) is 0.667. The molecule has 2 atom stereocenters. The highest BCUT2D eigenvalue weighted by Gasteiger charge is 2.47. The molecule has 1 amide bonds. The Balaban J connectivity index is 1.63. The number of sulfonamides is 1. The Labute approximate surface area is 178 Å². The van der Waals surface area contributed by atoms with Crippen molar-refractivity contribution in [2.75, 3.05) is 19.6 Å². The maximum atomic E-state index is 13.6. The molecule has 0 spiro atoms. The summed E-state index contributed by atoms with van der Waals surface area (Å²) in [5.41, 5.74) is 6.06. The number of nitrogens with zero attached hydrogens (tertiary/aromatic N) is 2. The lowest BCUT2D eigenvalue weighted by Gasteiger charge is -2.34. The van der Waals surface area contributed by atoms with Crippen molar-refractivity contribution >= 4 is 15.9 Å². The van der Waals surface area contributed by atoms with Crippen LogP contribution in [-0.4, -0.2) is 55.0 Å². The summed E-state index contributed by atoms with van der Waals surface area (Å²) in [5.74, 6) is -0.0248. The molecule has 1 aromatic rings. The normalized spacial score (nSPS) is 26.7. The van der Waals surface area contributed by atoms with Crippen LogP contribution in [0.5, 0.6) is 0 Å². The molecule has 2 saturated heterocycles. The number of amides is 1. The molecule has 0 bridgehead atoms. The second-order valence-corrected chi connectivity index (χ2v) is 11.1. The monoisotopic (exact) mass is 440 g/mol. The molecule has 2 heterocycles. The third-order valence-electron chi connectivity index (χ3n) is 6.15. The van der Waals surface area contributed by atoms with Crippen molar-refractivity contribution in [1.29, 1.82) is 0 Å². The quantitative estimate of drug-likeness (QED) is 0.706. The van der Waals surface area contributed by atoms with Crippen LogP contribution in [-0.2, 0) is 14.8 Å². The van der Waals surface area contributed by atoms with Gasteiger partial charge < -0.3 is 4.90 Å². The fourth-order valence-corrected chi connectivity index (χ4v) is 6.38. The van der Waals surface area contributed by atoms with E-state index in [9.17, 15) is 17.6 Å². The summed E-state index contributed by atoms with van der Waals surface area (Å²) in [4.78, 5) is 14.7. The van der Waals surface area contributed by atoms with Gasteiger partial charge in [0.25, 0.3) is 0 Å². The van der Waals surface area contributed by atoms with E-state index >= 15 is 0 Å². The highest BCUT2D eigenvalue weighted by Crippen LogP contribution is 2.30. The highest BCUT2D eigenvalue weighted by atomic mass is 32.2. The minimum Gasteiger partial charge on any atom is -0.313 e. The number of nitrogens with one attached hydrogen (secondary N) is 1. The molecule has 2 unspecified atom stereocenters. The minimum absolute atomic E-state index is 0.00846. The number of nitrogens with two attached hydrogens (primary N) is 1. The fourth-order valence-electron chi connectivity index (χ4n) is 4.67. The first-order chi connectivity index (χ1) is 13.9. The smallest absolute Gasteiger partial charge is 0.244 e. The average Bonchev–Trinajstić information content (AvgIpc) is 2.86. The van der Waals surface area contributed by atoms with Crippen LogP contribution in [0, 0.1) is 24.6 Å². The van der Waals surface area contributed by atoms with Gasteiger partial charge in [-0.05, 0) is 62.6 Å². The molecular formula is C21H33FN4O3S. The molecule has 0 aromatic heterocycles. The average molecular weight is 441 g/mol. The Bertz CT molecular complexity index is 900. The van der Waals surface area contributed by atoms with Crippen LogP contribution < -0.4 is 11.1 Å². The first kappa shape index (κ1) is 23.1. The van der Waals surface area contributed by atoms with Gasteiger partial charge in [0.2, 0.25) is 15.9 Å². The van der Waals surface area contributed by atoms with Crippen molar-refractivity contribution in [3.63, 3.8) is 0 Å². The topological polar surface area (TPSA) is 95.7 Å². The maximum Gasteiger partial charge on any atom is 0.244 e. The number of carbonyl (C=O) groups excluding carboxylic acids is 1. The van der Waals surface area contributed by atoms with Crippen molar-refractivity contribution in [3.8, 4) is 0 Å². The van der Waals surface area contributed by atoms with E-state index in [-0.39, 0.29) is 16.7 Å². The van der Waals surface area contributed by atoms with E-state index < -0.39 is 27.7 Å². The van der Waals surface area contributed by atoms with Crippen LogP contribution in [0.25, 0.3) is 0 Å². The van der Waals surface area contributed by atoms with E-state index in [4.69, 9.17) is 5.73 Å². The van der Waals surface area contributed by atoms with Crippen LogP contribution in [0.2, 0.25) is 0 Å². The Morgan fingerprint density at radius 2 is 1.93 bits per heavy atom. The highest BCUT2D eigenvalue weighted by molar-refractivity contribution is 7.89. The zero-order valence-corrected chi connectivity index (χ0v) is 19.0. The van der Waals surface area contributed by atoms with Crippen molar-refractivity contribution in [3.05, 3.63) is 29.6 Å². The molecular weight excluding hydrogens is 407 g/mol. The number of hydrogen-bond donors (Lipinski definition) is 2. The lowest BCUT2D eigenvalue weighted by molar-refractivity contribution is -0.134. The molecule has 1 aromatic carbocycles. The van der Waals surface area contributed by atoms with Crippen molar-refractivity contribution < 1.29 is 17.6 Å². The van der Waals surface area contributed by atoms with Crippen molar-refractivity contribution in [2.45, 2.75) is 63.7 Å². The molecule has 2 fully saturated rings. The molecule has 0 radical (unpaired) electrons. The third-order valence-corrected chi connectivity index (χ3v) is 8.19. The standard InChI is InChI=1S/C21H33FN4O3S/c1-14(2)12-21(4)19(27)26(20(23)24-21)13-16-7-9-25(10-8-16)30(28,29)18-11-17(22)6-5-15(18)3/h5-6,11,14,16,20,24H,7-10,12-13,23H2,1-4H3. The Morgan fingerprint density at radius 3 is 2.53 bits per heavy atom. The van der Waals surface area contributed by atoms with Crippen molar-refractivity contribution in [2.24, 2.45) is 17.6 Å². The molecule has 3 rings (SSSR count). The predicted molar refractivity (Wildman–Crippen MR) is 113 cm³/mol. The van der Waals surface area contributed by atoms with E-state index in [2.05, 4.69) is 19.2 Å². The summed E-state index contributed by atoms with van der Waals surface area (Å²) in [6.07, 6.45) is 1.44. The van der Waals surface area contributed by atoms with Gasteiger partial charge >= 0.3 is 0 Å². The number of halogens is 1. The van der Waals surface area contributed by atoms with Gasteiger partial charge in [-0.1, -0.05) is 19.9 Å². The van der Waals surface area contributed by atoms with Crippen LogP contribution in [0.1, 0.15) is 45.6 Å². The van der Waals surface area contributed by atoms with E-state index in [0.717, 1.165) is 6.07 Å². The summed E-state index contributed by atoms with van der Waals surface area (Å²) >= 11 is 0. The molecule has 7 nitrogen and oxygen atoms in total. The van der Waals surface area contributed by atoms with Gasteiger partial charge in [-0.15, -0.1) is 0 Å². The SMILES string of the molecule is Cc1ccc(F)cc1S(=O)(=O)N1CCC(CN2C(=O)C(C)(CC(C)C)NC2N)CC1. The number of piperidine rings is 1. The van der Waals surface area contributed by atoms with Crippen LogP contribution in [0.15, 0.2) is 23.1 Å². The van der Waals surface area contributed by atoms with Gasteiger partial charge in [-0.2, -0.15) is 4.31 Å². The Hall–Kier alpha value is -1.55. The first-order valence-corrected chi connectivity index (χ1v) is 12.0. The summed E-state index contributed by atoms with van der Waals surface area (Å²) in [6.45, 7) is 8.91. The van der Waals surface area contributed by atoms with Crippen LogP contribution >= 0.6 is 0 Å². The molecule has 2 aliphatic heterocycles. The van der Waals surface area contributed by atoms with Gasteiger partial charge in [-0.25, -0.2) is 12.8 Å². The van der Waals surface area contributed by atoms with E-state index in [0.29, 0.717) is 50.4 Å². The predicted octanol–water partition coefficient (Wildman–Crippen LogP) is 2.01. The van der Waals surface area contributed by atoms with Gasteiger partial charge in [0, 0.05) is 19.6 Å². The lowest BCUT2D eigenvalue weighted by Crippen LogP contribution is -2.49. The van der Waals surface area contributed by atoms with Crippen molar-refractivity contribution in [1.82, 2.24) is 14.5 Å². The van der Waals surface area contributed by atoms with Crippen LogP contribution in [0.3, 0.4) is 0 Å². The number of rotatable bonds is 6. The molecule has 2 aliphatic rings. The van der Waals surface area contributed by atoms with E-state index in [1.807, 2.05) is 6.92 Å². The summed E-state index contributed by atoms with van der Waals surface area (Å²) in [7, 11) is -3.74. The zero-order chi connectivity index (χ0) is 22.3. The maximum absolute atomic E-state index is 13.6.